The molecule has 96 valence electrons. The minimum absolute atomic E-state index is 0.237. The molecule has 1 aromatic heterocycles. The van der Waals surface area contributed by atoms with Gasteiger partial charge in [0.1, 0.15) is 17.1 Å². The van der Waals surface area contributed by atoms with Crippen LogP contribution in [0.25, 0.3) is 0 Å². The second-order valence-electron chi connectivity index (χ2n) is 3.86. The first-order chi connectivity index (χ1) is 8.15. The normalized spacial score (nSPS) is 10.7. The molecule has 5 heteroatoms. The zero-order valence-corrected chi connectivity index (χ0v) is 10.3. The van der Waals surface area contributed by atoms with E-state index in [1.807, 2.05) is 0 Å². The van der Waals surface area contributed by atoms with Gasteiger partial charge < -0.3 is 19.6 Å². The van der Waals surface area contributed by atoms with Crippen LogP contribution in [-0.4, -0.2) is 31.3 Å². The van der Waals surface area contributed by atoms with Crippen molar-refractivity contribution in [2.45, 2.75) is 26.3 Å². The van der Waals surface area contributed by atoms with Crippen molar-refractivity contribution in [3.8, 4) is 0 Å². The van der Waals surface area contributed by atoms with Gasteiger partial charge in [0.15, 0.2) is 0 Å². The number of aryl methyl sites for hydroxylation is 1. The van der Waals surface area contributed by atoms with Crippen molar-refractivity contribution in [1.82, 2.24) is 5.32 Å². The largest absolute Gasteiger partial charge is 0.478 e. The van der Waals surface area contributed by atoms with Crippen LogP contribution in [0.5, 0.6) is 0 Å². The Labute approximate surface area is 101 Å². The standard InChI is InChI=1S/C12H19NO4/c1-9-11(12(14)15)7-10(17-9)8-13-5-3-4-6-16-2/h7,13H,3-6,8H2,1-2H3,(H,14,15). The number of unbranched alkanes of at least 4 members (excludes halogenated alkanes) is 1. The highest BCUT2D eigenvalue weighted by Crippen LogP contribution is 2.14. The van der Waals surface area contributed by atoms with Crippen LogP contribution in [0.15, 0.2) is 10.5 Å². The number of rotatable bonds is 8. The molecule has 0 aliphatic heterocycles. The van der Waals surface area contributed by atoms with Crippen LogP contribution >= 0.6 is 0 Å². The maximum Gasteiger partial charge on any atom is 0.339 e. The summed E-state index contributed by atoms with van der Waals surface area (Å²) < 4.78 is 10.3. The molecule has 1 heterocycles. The molecule has 0 saturated carbocycles. The van der Waals surface area contributed by atoms with E-state index in [9.17, 15) is 4.79 Å². The molecular formula is C12H19NO4. The summed E-state index contributed by atoms with van der Waals surface area (Å²) in [6.45, 7) is 3.85. The molecule has 5 nitrogen and oxygen atoms in total. The van der Waals surface area contributed by atoms with Gasteiger partial charge in [0, 0.05) is 13.7 Å². The molecule has 17 heavy (non-hydrogen) atoms. The second-order valence-corrected chi connectivity index (χ2v) is 3.86. The third-order valence-electron chi connectivity index (χ3n) is 2.45. The Balaban J connectivity index is 2.27. The van der Waals surface area contributed by atoms with E-state index in [2.05, 4.69) is 5.32 Å². The van der Waals surface area contributed by atoms with Crippen LogP contribution in [0, 0.1) is 6.92 Å². The molecule has 0 unspecified atom stereocenters. The molecule has 0 aromatic carbocycles. The third-order valence-corrected chi connectivity index (χ3v) is 2.45. The molecule has 0 aliphatic carbocycles. The van der Waals surface area contributed by atoms with E-state index < -0.39 is 5.97 Å². The summed E-state index contributed by atoms with van der Waals surface area (Å²) in [5.74, 6) is 0.165. The molecule has 2 N–H and O–H groups in total. The maximum absolute atomic E-state index is 10.8. The first-order valence-electron chi connectivity index (χ1n) is 5.67. The summed E-state index contributed by atoms with van der Waals surface area (Å²) in [6, 6.07) is 1.57. The predicted octanol–water partition coefficient (Wildman–Crippen LogP) is 1.80. The van der Waals surface area contributed by atoms with Gasteiger partial charge in [-0.2, -0.15) is 0 Å². The van der Waals surface area contributed by atoms with E-state index in [4.69, 9.17) is 14.3 Å². The number of hydrogen-bond donors (Lipinski definition) is 2. The van der Waals surface area contributed by atoms with Crippen LogP contribution in [0.2, 0.25) is 0 Å². The topological polar surface area (TPSA) is 71.7 Å². The van der Waals surface area contributed by atoms with E-state index in [0.717, 1.165) is 26.0 Å². The highest BCUT2D eigenvalue weighted by atomic mass is 16.5. The zero-order chi connectivity index (χ0) is 12.7. The predicted molar refractivity (Wildman–Crippen MR) is 63.2 cm³/mol. The van der Waals surface area contributed by atoms with Crippen LogP contribution in [0.1, 0.15) is 34.7 Å². The van der Waals surface area contributed by atoms with E-state index in [1.165, 1.54) is 0 Å². The molecule has 0 radical (unpaired) electrons. The first kappa shape index (κ1) is 13.7. The zero-order valence-electron chi connectivity index (χ0n) is 10.3. The molecule has 0 atom stereocenters. The Kier molecular flexibility index (Phi) is 5.72. The fraction of sp³-hybridized carbons (Fsp3) is 0.583. The number of hydrogen-bond acceptors (Lipinski definition) is 4. The van der Waals surface area contributed by atoms with E-state index in [1.54, 1.807) is 20.1 Å². The molecule has 1 aromatic rings. The van der Waals surface area contributed by atoms with Gasteiger partial charge in [-0.05, 0) is 32.4 Å². The Morgan fingerprint density at radius 1 is 1.53 bits per heavy atom. The van der Waals surface area contributed by atoms with Gasteiger partial charge in [-0.3, -0.25) is 0 Å². The Hall–Kier alpha value is -1.33. The number of furan rings is 1. The summed E-state index contributed by atoms with van der Waals surface area (Å²) in [4.78, 5) is 10.8. The number of methoxy groups -OCH3 is 1. The lowest BCUT2D eigenvalue weighted by atomic mass is 10.2. The van der Waals surface area contributed by atoms with Gasteiger partial charge in [0.05, 0.1) is 6.54 Å². The lowest BCUT2D eigenvalue weighted by Gasteiger charge is -2.01. The van der Waals surface area contributed by atoms with Crippen molar-refractivity contribution >= 4 is 5.97 Å². The van der Waals surface area contributed by atoms with Crippen molar-refractivity contribution in [3.63, 3.8) is 0 Å². The number of carboxylic acids is 1. The second kappa shape index (κ2) is 7.09. The van der Waals surface area contributed by atoms with Crippen molar-refractivity contribution in [1.29, 1.82) is 0 Å². The van der Waals surface area contributed by atoms with Gasteiger partial charge in [-0.15, -0.1) is 0 Å². The minimum Gasteiger partial charge on any atom is -0.478 e. The van der Waals surface area contributed by atoms with Gasteiger partial charge >= 0.3 is 5.97 Å². The fourth-order valence-electron chi connectivity index (χ4n) is 1.55. The Morgan fingerprint density at radius 3 is 2.88 bits per heavy atom. The third kappa shape index (κ3) is 4.58. The summed E-state index contributed by atoms with van der Waals surface area (Å²) in [5.41, 5.74) is 0.237. The summed E-state index contributed by atoms with van der Waals surface area (Å²) in [7, 11) is 1.69. The fourth-order valence-corrected chi connectivity index (χ4v) is 1.55. The average Bonchev–Trinajstić information content (AvgIpc) is 2.65. The first-order valence-corrected chi connectivity index (χ1v) is 5.67. The quantitative estimate of drug-likeness (QED) is 0.679. The highest BCUT2D eigenvalue weighted by molar-refractivity contribution is 5.88. The van der Waals surface area contributed by atoms with Gasteiger partial charge in [-0.1, -0.05) is 0 Å². The van der Waals surface area contributed by atoms with Gasteiger partial charge in [0.25, 0.3) is 0 Å². The van der Waals surface area contributed by atoms with Crippen LogP contribution in [0.4, 0.5) is 0 Å². The number of aromatic carboxylic acids is 1. The van der Waals surface area contributed by atoms with Crippen LogP contribution < -0.4 is 5.32 Å². The van der Waals surface area contributed by atoms with Crippen molar-refractivity contribution in [2.24, 2.45) is 0 Å². The highest BCUT2D eigenvalue weighted by Gasteiger charge is 2.12. The van der Waals surface area contributed by atoms with E-state index >= 15 is 0 Å². The van der Waals surface area contributed by atoms with Gasteiger partial charge in [0.2, 0.25) is 0 Å². The number of nitrogens with one attached hydrogen (secondary N) is 1. The summed E-state index contributed by atoms with van der Waals surface area (Å²) in [5, 5.41) is 12.1. The molecule has 0 amide bonds. The molecular weight excluding hydrogens is 222 g/mol. The number of carboxylic acid groups (broad SMARTS) is 1. The number of ether oxygens (including phenoxy) is 1. The average molecular weight is 241 g/mol. The molecule has 0 saturated heterocycles. The molecule has 0 bridgehead atoms. The number of carbonyl (C=O) groups is 1. The van der Waals surface area contributed by atoms with Crippen molar-refractivity contribution in [3.05, 3.63) is 23.2 Å². The summed E-state index contributed by atoms with van der Waals surface area (Å²) >= 11 is 0. The summed E-state index contributed by atoms with van der Waals surface area (Å²) in [6.07, 6.45) is 2.04. The van der Waals surface area contributed by atoms with Gasteiger partial charge in [-0.25, -0.2) is 4.79 Å². The van der Waals surface area contributed by atoms with E-state index in [0.29, 0.717) is 18.1 Å². The van der Waals surface area contributed by atoms with Crippen LogP contribution in [0.3, 0.4) is 0 Å². The Bertz CT molecular complexity index is 359. The lowest BCUT2D eigenvalue weighted by Crippen LogP contribution is -2.14. The van der Waals surface area contributed by atoms with Crippen LogP contribution in [-0.2, 0) is 11.3 Å². The SMILES string of the molecule is COCCCCNCc1cc(C(=O)O)c(C)o1. The molecule has 1 rings (SSSR count). The monoisotopic (exact) mass is 241 g/mol. The van der Waals surface area contributed by atoms with Crippen molar-refractivity contribution in [2.75, 3.05) is 20.3 Å². The Morgan fingerprint density at radius 2 is 2.29 bits per heavy atom. The molecule has 0 spiro atoms. The molecule has 0 fully saturated rings. The maximum atomic E-state index is 10.8. The van der Waals surface area contributed by atoms with Crippen molar-refractivity contribution < 1.29 is 19.1 Å². The minimum atomic E-state index is -0.947. The lowest BCUT2D eigenvalue weighted by molar-refractivity contribution is 0.0695. The van der Waals surface area contributed by atoms with E-state index in [-0.39, 0.29) is 5.56 Å². The molecule has 0 aliphatic rings. The smallest absolute Gasteiger partial charge is 0.339 e.